The van der Waals surface area contributed by atoms with Crippen molar-refractivity contribution in [2.24, 2.45) is 0 Å². The van der Waals surface area contributed by atoms with Crippen molar-refractivity contribution < 1.29 is 4.79 Å². The topological polar surface area (TPSA) is 94.7 Å². The predicted molar refractivity (Wildman–Crippen MR) is 89.0 cm³/mol. The Morgan fingerprint density at radius 1 is 1.33 bits per heavy atom. The average molecular weight is 326 g/mol. The first-order valence-corrected chi connectivity index (χ1v) is 7.74. The summed E-state index contributed by atoms with van der Waals surface area (Å²) in [6.07, 6.45) is 2.19. The SMILES string of the molecule is CCCNC(=O)Cn1cnc2c(nnn2-c2cccc(C)c2)c1=O. The van der Waals surface area contributed by atoms with Gasteiger partial charge in [0.1, 0.15) is 12.9 Å². The van der Waals surface area contributed by atoms with E-state index in [2.05, 4.69) is 20.6 Å². The molecule has 8 nitrogen and oxygen atoms in total. The lowest BCUT2D eigenvalue weighted by molar-refractivity contribution is -0.121. The van der Waals surface area contributed by atoms with Crippen molar-refractivity contribution in [1.82, 2.24) is 29.9 Å². The van der Waals surface area contributed by atoms with Gasteiger partial charge in [-0.25, -0.2) is 4.98 Å². The van der Waals surface area contributed by atoms with E-state index in [1.807, 2.05) is 38.1 Å². The Morgan fingerprint density at radius 2 is 2.17 bits per heavy atom. The molecule has 2 aromatic heterocycles. The van der Waals surface area contributed by atoms with Crippen LogP contribution in [0.2, 0.25) is 0 Å². The molecule has 0 atom stereocenters. The third-order valence-electron chi connectivity index (χ3n) is 3.56. The van der Waals surface area contributed by atoms with Crippen LogP contribution in [0.4, 0.5) is 0 Å². The standard InChI is InChI=1S/C16H18N6O2/c1-3-7-17-13(23)9-21-10-18-15-14(16(21)24)19-20-22(15)12-6-4-5-11(2)8-12/h4-6,8,10H,3,7,9H2,1-2H3,(H,17,23). The first-order valence-electron chi connectivity index (χ1n) is 7.74. The summed E-state index contributed by atoms with van der Waals surface area (Å²) in [4.78, 5) is 28.5. The molecule has 0 saturated heterocycles. The molecule has 0 aliphatic heterocycles. The van der Waals surface area contributed by atoms with Crippen molar-refractivity contribution in [2.75, 3.05) is 6.54 Å². The third kappa shape index (κ3) is 3.03. The first kappa shape index (κ1) is 15.9. The highest BCUT2D eigenvalue weighted by molar-refractivity contribution is 5.76. The number of rotatable bonds is 5. The van der Waals surface area contributed by atoms with Crippen molar-refractivity contribution in [3.05, 3.63) is 46.5 Å². The van der Waals surface area contributed by atoms with Gasteiger partial charge in [0, 0.05) is 6.54 Å². The fourth-order valence-corrected chi connectivity index (χ4v) is 2.37. The number of carbonyl (C=O) groups is 1. The quantitative estimate of drug-likeness (QED) is 0.749. The first-order chi connectivity index (χ1) is 11.6. The normalized spacial score (nSPS) is 10.9. The minimum absolute atomic E-state index is 0.0842. The number of fused-ring (bicyclic) bond motifs is 1. The second-order valence-electron chi connectivity index (χ2n) is 5.54. The molecule has 1 aromatic carbocycles. The number of hydrogen-bond donors (Lipinski definition) is 1. The van der Waals surface area contributed by atoms with Crippen LogP contribution in [0.3, 0.4) is 0 Å². The molecule has 0 aliphatic carbocycles. The molecule has 0 aliphatic rings. The van der Waals surface area contributed by atoms with E-state index in [1.165, 1.54) is 15.6 Å². The highest BCUT2D eigenvalue weighted by Gasteiger charge is 2.14. The smallest absolute Gasteiger partial charge is 0.284 e. The predicted octanol–water partition coefficient (Wildman–Crippen LogP) is 0.812. The summed E-state index contributed by atoms with van der Waals surface area (Å²) >= 11 is 0. The lowest BCUT2D eigenvalue weighted by atomic mass is 10.2. The molecule has 3 aromatic rings. The second kappa shape index (κ2) is 6.61. The Hall–Kier alpha value is -3.03. The van der Waals surface area contributed by atoms with Gasteiger partial charge < -0.3 is 5.32 Å². The van der Waals surface area contributed by atoms with E-state index in [1.54, 1.807) is 0 Å². The molecule has 0 unspecified atom stereocenters. The van der Waals surface area contributed by atoms with Crippen LogP contribution in [0, 0.1) is 6.92 Å². The molecular weight excluding hydrogens is 308 g/mol. The molecule has 0 saturated carbocycles. The molecule has 1 amide bonds. The van der Waals surface area contributed by atoms with Crippen molar-refractivity contribution in [3.63, 3.8) is 0 Å². The van der Waals surface area contributed by atoms with Gasteiger partial charge in [-0.3, -0.25) is 14.2 Å². The molecule has 8 heteroatoms. The zero-order valence-corrected chi connectivity index (χ0v) is 13.6. The molecule has 1 N–H and O–H groups in total. The number of nitrogens with one attached hydrogen (secondary N) is 1. The maximum absolute atomic E-state index is 12.5. The van der Waals surface area contributed by atoms with Gasteiger partial charge in [-0.15, -0.1) is 5.10 Å². The van der Waals surface area contributed by atoms with E-state index in [0.717, 1.165) is 17.7 Å². The van der Waals surface area contributed by atoms with E-state index in [-0.39, 0.29) is 23.5 Å². The van der Waals surface area contributed by atoms with Crippen LogP contribution >= 0.6 is 0 Å². The van der Waals surface area contributed by atoms with Gasteiger partial charge in [0.05, 0.1) is 5.69 Å². The van der Waals surface area contributed by atoms with Crippen LogP contribution in [0.25, 0.3) is 16.9 Å². The number of aromatic nitrogens is 5. The van der Waals surface area contributed by atoms with Gasteiger partial charge in [0.2, 0.25) is 5.91 Å². The molecule has 124 valence electrons. The molecule has 0 radical (unpaired) electrons. The monoisotopic (exact) mass is 326 g/mol. The van der Waals surface area contributed by atoms with E-state index < -0.39 is 0 Å². The largest absolute Gasteiger partial charge is 0.355 e. The van der Waals surface area contributed by atoms with Gasteiger partial charge in [0.25, 0.3) is 5.56 Å². The minimum Gasteiger partial charge on any atom is -0.355 e. The number of carbonyl (C=O) groups excluding carboxylic acids is 1. The van der Waals surface area contributed by atoms with Gasteiger partial charge in [-0.1, -0.05) is 24.3 Å². The average Bonchev–Trinajstić information content (AvgIpc) is 3.00. The highest BCUT2D eigenvalue weighted by atomic mass is 16.2. The van der Waals surface area contributed by atoms with Crippen LogP contribution in [-0.2, 0) is 11.3 Å². The summed E-state index contributed by atoms with van der Waals surface area (Å²) in [6, 6.07) is 7.67. The molecule has 2 heterocycles. The van der Waals surface area contributed by atoms with Gasteiger partial charge in [0.15, 0.2) is 11.2 Å². The Bertz CT molecular complexity index is 943. The number of benzene rings is 1. The number of aryl methyl sites for hydroxylation is 1. The molecular formula is C16H18N6O2. The zero-order chi connectivity index (χ0) is 17.1. The Morgan fingerprint density at radius 3 is 2.92 bits per heavy atom. The summed E-state index contributed by atoms with van der Waals surface area (Å²) in [6.45, 7) is 4.42. The summed E-state index contributed by atoms with van der Waals surface area (Å²) in [7, 11) is 0. The van der Waals surface area contributed by atoms with E-state index in [9.17, 15) is 9.59 Å². The van der Waals surface area contributed by atoms with Crippen LogP contribution in [0.1, 0.15) is 18.9 Å². The van der Waals surface area contributed by atoms with Crippen molar-refractivity contribution in [3.8, 4) is 5.69 Å². The lowest BCUT2D eigenvalue weighted by Gasteiger charge is -2.06. The van der Waals surface area contributed by atoms with Crippen LogP contribution in [0.5, 0.6) is 0 Å². The summed E-state index contributed by atoms with van der Waals surface area (Å²) in [5, 5.41) is 10.7. The van der Waals surface area contributed by atoms with Crippen LogP contribution in [-0.4, -0.2) is 37.0 Å². The van der Waals surface area contributed by atoms with Gasteiger partial charge in [-0.05, 0) is 31.0 Å². The molecule has 24 heavy (non-hydrogen) atoms. The second-order valence-corrected chi connectivity index (χ2v) is 5.54. The third-order valence-corrected chi connectivity index (χ3v) is 3.56. The van der Waals surface area contributed by atoms with Crippen molar-refractivity contribution >= 4 is 17.1 Å². The number of hydrogen-bond acceptors (Lipinski definition) is 5. The van der Waals surface area contributed by atoms with Crippen LogP contribution in [0.15, 0.2) is 35.4 Å². The van der Waals surface area contributed by atoms with E-state index in [0.29, 0.717) is 12.2 Å². The zero-order valence-electron chi connectivity index (χ0n) is 13.6. The Kier molecular flexibility index (Phi) is 4.37. The Balaban J connectivity index is 1.97. The summed E-state index contributed by atoms with van der Waals surface area (Å²) in [5.74, 6) is -0.230. The van der Waals surface area contributed by atoms with Gasteiger partial charge >= 0.3 is 0 Å². The van der Waals surface area contributed by atoms with Crippen molar-refractivity contribution in [2.45, 2.75) is 26.8 Å². The van der Waals surface area contributed by atoms with Crippen LogP contribution < -0.4 is 10.9 Å². The number of nitrogens with zero attached hydrogens (tertiary/aromatic N) is 5. The molecule has 0 spiro atoms. The van der Waals surface area contributed by atoms with Crippen molar-refractivity contribution in [1.29, 1.82) is 0 Å². The summed E-state index contributed by atoms with van der Waals surface area (Å²) in [5.41, 5.74) is 1.98. The lowest BCUT2D eigenvalue weighted by Crippen LogP contribution is -2.32. The van der Waals surface area contributed by atoms with Gasteiger partial charge in [-0.2, -0.15) is 4.68 Å². The maximum Gasteiger partial charge on any atom is 0.284 e. The molecule has 0 bridgehead atoms. The summed E-state index contributed by atoms with van der Waals surface area (Å²) < 4.78 is 2.76. The minimum atomic E-state index is -0.384. The van der Waals surface area contributed by atoms with E-state index in [4.69, 9.17) is 0 Å². The Labute approximate surface area is 138 Å². The highest BCUT2D eigenvalue weighted by Crippen LogP contribution is 2.13. The molecule has 3 rings (SSSR count). The van der Waals surface area contributed by atoms with E-state index >= 15 is 0 Å². The molecule has 0 fully saturated rings. The maximum atomic E-state index is 12.5. The fraction of sp³-hybridized carbons (Fsp3) is 0.312. The number of amides is 1. The fourth-order valence-electron chi connectivity index (χ4n) is 2.37.